The lowest BCUT2D eigenvalue weighted by molar-refractivity contribution is -0.124. The highest BCUT2D eigenvalue weighted by Crippen LogP contribution is 2.65. The van der Waals surface area contributed by atoms with E-state index in [9.17, 15) is 19.5 Å². The Morgan fingerprint density at radius 2 is 1.67 bits per heavy atom. The summed E-state index contributed by atoms with van der Waals surface area (Å²) in [5, 5.41) is 9.31. The molecule has 3 fully saturated rings. The molecule has 1 aromatic carbocycles. The fourth-order valence-electron chi connectivity index (χ4n) is 5.03. The SMILES string of the molecule is O=C(O)c1cc(N2C(=O)[C@@H]3[C@@H]4C=C[C@H]([C@H]5C[C@H]45)[C@@H]3C2=O)ccc1Cl. The van der Waals surface area contributed by atoms with Crippen molar-refractivity contribution in [2.45, 2.75) is 6.42 Å². The number of carbonyl (C=O) groups excluding carboxylic acids is 2. The van der Waals surface area contributed by atoms with Crippen molar-refractivity contribution in [1.29, 1.82) is 0 Å². The Hall–Kier alpha value is -2.14. The molecular formula is C18H14ClNO4. The Bertz CT molecular complexity index is 811. The van der Waals surface area contributed by atoms with Crippen molar-refractivity contribution in [2.24, 2.45) is 35.5 Å². The van der Waals surface area contributed by atoms with E-state index in [-0.39, 0.29) is 46.1 Å². The molecule has 0 unspecified atom stereocenters. The zero-order chi connectivity index (χ0) is 16.7. The molecule has 2 bridgehead atoms. The van der Waals surface area contributed by atoms with Crippen LogP contribution in [0.15, 0.2) is 30.4 Å². The van der Waals surface area contributed by atoms with E-state index in [1.165, 1.54) is 23.1 Å². The van der Waals surface area contributed by atoms with Crippen molar-refractivity contribution in [3.8, 4) is 0 Å². The van der Waals surface area contributed by atoms with E-state index >= 15 is 0 Å². The van der Waals surface area contributed by atoms with E-state index in [4.69, 9.17) is 11.6 Å². The van der Waals surface area contributed by atoms with Gasteiger partial charge in [0.15, 0.2) is 0 Å². The van der Waals surface area contributed by atoms with E-state index in [1.54, 1.807) is 0 Å². The summed E-state index contributed by atoms with van der Waals surface area (Å²) in [4.78, 5) is 38.4. The largest absolute Gasteiger partial charge is 0.478 e. The van der Waals surface area contributed by atoms with Crippen molar-refractivity contribution in [1.82, 2.24) is 0 Å². The highest BCUT2D eigenvalue weighted by Gasteiger charge is 2.67. The molecule has 122 valence electrons. The molecule has 1 aliphatic heterocycles. The van der Waals surface area contributed by atoms with Gasteiger partial charge in [0.05, 0.1) is 28.1 Å². The molecule has 1 aromatic rings. The van der Waals surface area contributed by atoms with Crippen molar-refractivity contribution in [2.75, 3.05) is 4.90 Å². The smallest absolute Gasteiger partial charge is 0.337 e. The minimum Gasteiger partial charge on any atom is -0.478 e. The summed E-state index contributed by atoms with van der Waals surface area (Å²) < 4.78 is 0. The summed E-state index contributed by atoms with van der Waals surface area (Å²) in [7, 11) is 0. The van der Waals surface area contributed by atoms with Crippen LogP contribution in [0, 0.1) is 35.5 Å². The van der Waals surface area contributed by atoms with Crippen LogP contribution in [0.25, 0.3) is 0 Å². The molecule has 0 radical (unpaired) electrons. The number of anilines is 1. The zero-order valence-corrected chi connectivity index (χ0v) is 13.3. The van der Waals surface area contributed by atoms with Gasteiger partial charge in [-0.05, 0) is 48.3 Å². The first-order chi connectivity index (χ1) is 11.5. The molecule has 6 rings (SSSR count). The van der Waals surface area contributed by atoms with Gasteiger partial charge in [0.1, 0.15) is 0 Å². The molecule has 1 saturated heterocycles. The summed E-state index contributed by atoms with van der Waals surface area (Å²) in [6.45, 7) is 0. The third-order valence-electron chi connectivity index (χ3n) is 6.10. The van der Waals surface area contributed by atoms with Crippen LogP contribution < -0.4 is 4.90 Å². The van der Waals surface area contributed by atoms with Crippen LogP contribution in [-0.4, -0.2) is 22.9 Å². The number of imide groups is 1. The predicted molar refractivity (Wildman–Crippen MR) is 85.6 cm³/mol. The standard InChI is InChI=1S/C18H14ClNO4/c19-13-4-1-7(5-12(13)18(23)24)20-16(21)14-8-2-3-9(11-6-10(8)11)15(14)17(20)22/h1-5,8-11,14-15H,6H2,(H,23,24)/t8-,9-,10-,11-,14-,15+/m1/s1. The number of nitrogens with zero attached hydrogens (tertiary/aromatic N) is 1. The molecule has 0 spiro atoms. The van der Waals surface area contributed by atoms with Gasteiger partial charge in [0, 0.05) is 0 Å². The van der Waals surface area contributed by atoms with Crippen LogP contribution in [0.4, 0.5) is 5.69 Å². The summed E-state index contributed by atoms with van der Waals surface area (Å²) >= 11 is 5.89. The maximum Gasteiger partial charge on any atom is 0.337 e. The molecule has 1 N–H and O–H groups in total. The zero-order valence-electron chi connectivity index (χ0n) is 12.6. The lowest BCUT2D eigenvalue weighted by Gasteiger charge is -2.37. The highest BCUT2D eigenvalue weighted by atomic mass is 35.5. The average molecular weight is 344 g/mol. The highest BCUT2D eigenvalue weighted by molar-refractivity contribution is 6.34. The third kappa shape index (κ3) is 1.63. The van der Waals surface area contributed by atoms with Crippen molar-refractivity contribution < 1.29 is 19.5 Å². The van der Waals surface area contributed by atoms with Crippen LogP contribution in [0.3, 0.4) is 0 Å². The topological polar surface area (TPSA) is 74.7 Å². The number of halogens is 1. The van der Waals surface area contributed by atoms with Crippen molar-refractivity contribution >= 4 is 35.1 Å². The maximum absolute atomic E-state index is 13.0. The second-order valence-corrected chi connectivity index (χ2v) is 7.54. The second kappa shape index (κ2) is 4.48. The van der Waals surface area contributed by atoms with Crippen molar-refractivity contribution in [3.05, 3.63) is 40.9 Å². The van der Waals surface area contributed by atoms with Gasteiger partial charge in [-0.1, -0.05) is 23.8 Å². The summed E-state index contributed by atoms with van der Waals surface area (Å²) in [6.07, 6.45) is 5.33. The van der Waals surface area contributed by atoms with Crippen LogP contribution >= 0.6 is 11.6 Å². The first-order valence-corrected chi connectivity index (χ1v) is 8.46. The fourth-order valence-corrected chi connectivity index (χ4v) is 5.23. The maximum atomic E-state index is 13.0. The number of hydrogen-bond donors (Lipinski definition) is 1. The van der Waals surface area contributed by atoms with E-state index < -0.39 is 5.97 Å². The summed E-state index contributed by atoms with van der Waals surface area (Å²) in [5.41, 5.74) is 0.197. The number of amides is 2. The molecule has 0 aromatic heterocycles. The number of carboxylic acid groups (broad SMARTS) is 1. The first kappa shape index (κ1) is 14.2. The predicted octanol–water partition coefficient (Wildman–Crippen LogP) is 2.60. The van der Waals surface area contributed by atoms with E-state index in [0.717, 1.165) is 6.42 Å². The molecule has 1 heterocycles. The minimum atomic E-state index is -1.18. The minimum absolute atomic E-state index is 0.0886. The van der Waals surface area contributed by atoms with Crippen LogP contribution in [0.5, 0.6) is 0 Å². The van der Waals surface area contributed by atoms with E-state index in [2.05, 4.69) is 12.2 Å². The monoisotopic (exact) mass is 343 g/mol. The fraction of sp³-hybridized carbons (Fsp3) is 0.389. The Balaban J connectivity index is 1.57. The number of rotatable bonds is 2. The van der Waals surface area contributed by atoms with Gasteiger partial charge in [0.2, 0.25) is 11.8 Å². The first-order valence-electron chi connectivity index (χ1n) is 8.08. The Kier molecular flexibility index (Phi) is 2.65. The molecule has 2 saturated carbocycles. The number of carbonyl (C=O) groups is 3. The second-order valence-electron chi connectivity index (χ2n) is 7.14. The van der Waals surface area contributed by atoms with Gasteiger partial charge in [-0.2, -0.15) is 0 Å². The Morgan fingerprint density at radius 3 is 2.21 bits per heavy atom. The van der Waals surface area contributed by atoms with Gasteiger partial charge >= 0.3 is 5.97 Å². The van der Waals surface area contributed by atoms with Gasteiger partial charge in [-0.15, -0.1) is 0 Å². The Morgan fingerprint density at radius 1 is 1.08 bits per heavy atom. The number of carboxylic acids is 1. The number of allylic oxidation sites excluding steroid dienone is 2. The molecular weight excluding hydrogens is 330 g/mol. The summed E-state index contributed by atoms with van der Waals surface area (Å²) in [6, 6.07) is 4.28. The quantitative estimate of drug-likeness (QED) is 0.661. The molecule has 5 aliphatic rings. The molecule has 6 atom stereocenters. The van der Waals surface area contributed by atoms with Crippen LogP contribution in [0.1, 0.15) is 16.8 Å². The Labute approximate surface area is 142 Å². The van der Waals surface area contributed by atoms with Gasteiger partial charge in [0.25, 0.3) is 0 Å². The third-order valence-corrected chi connectivity index (χ3v) is 6.43. The van der Waals surface area contributed by atoms with Gasteiger partial charge < -0.3 is 5.11 Å². The molecule has 24 heavy (non-hydrogen) atoms. The lowest BCUT2D eigenvalue weighted by atomic mass is 9.63. The van der Waals surface area contributed by atoms with E-state index in [1.807, 2.05) is 0 Å². The number of benzene rings is 1. The number of aromatic carboxylic acids is 1. The normalized spacial score (nSPS) is 38.3. The lowest BCUT2D eigenvalue weighted by Crippen LogP contribution is -2.40. The van der Waals surface area contributed by atoms with Crippen LogP contribution in [-0.2, 0) is 9.59 Å². The van der Waals surface area contributed by atoms with Crippen LogP contribution in [0.2, 0.25) is 5.02 Å². The average Bonchev–Trinajstić information content (AvgIpc) is 3.33. The molecule has 2 amide bonds. The number of hydrogen-bond acceptors (Lipinski definition) is 3. The van der Waals surface area contributed by atoms with Gasteiger partial charge in [-0.25, -0.2) is 9.69 Å². The van der Waals surface area contributed by atoms with Gasteiger partial charge in [-0.3, -0.25) is 9.59 Å². The molecule has 6 heteroatoms. The molecule has 5 nitrogen and oxygen atoms in total. The van der Waals surface area contributed by atoms with E-state index in [0.29, 0.717) is 17.5 Å². The molecule has 4 aliphatic carbocycles. The van der Waals surface area contributed by atoms with Crippen molar-refractivity contribution in [3.63, 3.8) is 0 Å². The summed E-state index contributed by atoms with van der Waals surface area (Å²) in [5.74, 6) is -0.783.